The Kier molecular flexibility index (Phi) is 8.51. The highest BCUT2D eigenvalue weighted by atomic mass is 16.5. The molecule has 1 atom stereocenters. The fourth-order valence-corrected chi connectivity index (χ4v) is 4.05. The molecular weight excluding hydrogens is 428 g/mol. The number of likely N-dealkylation sites (tertiary alicyclic amines) is 1. The Hall–Kier alpha value is -3.12. The van der Waals surface area contributed by atoms with Gasteiger partial charge < -0.3 is 19.6 Å². The van der Waals surface area contributed by atoms with Crippen molar-refractivity contribution in [3.05, 3.63) is 70.8 Å². The van der Waals surface area contributed by atoms with Gasteiger partial charge in [0.2, 0.25) is 0 Å². The zero-order valence-corrected chi connectivity index (χ0v) is 20.9. The minimum atomic E-state index is -0.661. The summed E-state index contributed by atoms with van der Waals surface area (Å²) >= 11 is 0. The molecule has 1 amide bonds. The van der Waals surface area contributed by atoms with Gasteiger partial charge in [0.15, 0.2) is 0 Å². The molecule has 6 nitrogen and oxygen atoms in total. The summed E-state index contributed by atoms with van der Waals surface area (Å²) in [5.74, 6) is -0.436. The quantitative estimate of drug-likeness (QED) is 0.233. The smallest absolute Gasteiger partial charge is 0.295 e. The first kappa shape index (κ1) is 25.5. The lowest BCUT2D eigenvalue weighted by Gasteiger charge is -2.27. The summed E-state index contributed by atoms with van der Waals surface area (Å²) in [6, 6.07) is 14.4. The van der Waals surface area contributed by atoms with Crippen molar-refractivity contribution < 1.29 is 19.4 Å². The van der Waals surface area contributed by atoms with Gasteiger partial charge in [-0.2, -0.15) is 0 Å². The van der Waals surface area contributed by atoms with Crippen molar-refractivity contribution in [2.45, 2.75) is 45.6 Å². The van der Waals surface area contributed by atoms with E-state index in [1.54, 1.807) is 23.1 Å². The van der Waals surface area contributed by atoms with Crippen LogP contribution in [0.2, 0.25) is 0 Å². The number of aliphatic hydroxyl groups is 1. The highest BCUT2D eigenvalue weighted by Gasteiger charge is 2.45. The molecule has 1 fully saturated rings. The second-order valence-corrected chi connectivity index (χ2v) is 9.35. The van der Waals surface area contributed by atoms with Gasteiger partial charge in [-0.25, -0.2) is 0 Å². The third-order valence-corrected chi connectivity index (χ3v) is 6.12. The monoisotopic (exact) mass is 464 g/mol. The van der Waals surface area contributed by atoms with Gasteiger partial charge in [-0.3, -0.25) is 9.59 Å². The van der Waals surface area contributed by atoms with E-state index in [9.17, 15) is 14.7 Å². The van der Waals surface area contributed by atoms with Gasteiger partial charge >= 0.3 is 0 Å². The number of unbranched alkanes of at least 4 members (excludes halogenated alkanes) is 1. The predicted molar refractivity (Wildman–Crippen MR) is 135 cm³/mol. The van der Waals surface area contributed by atoms with Crippen molar-refractivity contribution in [3.8, 4) is 5.75 Å². The second-order valence-electron chi connectivity index (χ2n) is 9.35. The lowest BCUT2D eigenvalue weighted by molar-refractivity contribution is -0.140. The van der Waals surface area contributed by atoms with Crippen LogP contribution >= 0.6 is 0 Å². The van der Waals surface area contributed by atoms with Gasteiger partial charge in [0.05, 0.1) is 18.2 Å². The van der Waals surface area contributed by atoms with Crippen LogP contribution in [0.15, 0.2) is 54.1 Å². The van der Waals surface area contributed by atoms with Crippen molar-refractivity contribution in [1.82, 2.24) is 9.80 Å². The molecule has 0 radical (unpaired) electrons. The number of nitrogens with zero attached hydrogens (tertiary/aromatic N) is 2. The highest BCUT2D eigenvalue weighted by molar-refractivity contribution is 6.46. The number of benzene rings is 2. The zero-order chi connectivity index (χ0) is 24.8. The Morgan fingerprint density at radius 2 is 1.82 bits per heavy atom. The van der Waals surface area contributed by atoms with E-state index in [4.69, 9.17) is 4.74 Å². The van der Waals surface area contributed by atoms with Crippen molar-refractivity contribution in [2.75, 3.05) is 33.8 Å². The van der Waals surface area contributed by atoms with Crippen LogP contribution in [0.5, 0.6) is 5.75 Å². The maximum atomic E-state index is 13.2. The van der Waals surface area contributed by atoms with Crippen LogP contribution in [0.4, 0.5) is 0 Å². The largest absolute Gasteiger partial charge is 0.507 e. The number of ketones is 1. The predicted octanol–water partition coefficient (Wildman–Crippen LogP) is 4.97. The molecule has 0 bridgehead atoms. The van der Waals surface area contributed by atoms with E-state index in [2.05, 4.69) is 20.8 Å². The lowest BCUT2D eigenvalue weighted by atomic mass is 9.93. The molecule has 1 aliphatic heterocycles. The van der Waals surface area contributed by atoms with E-state index in [0.29, 0.717) is 36.9 Å². The molecule has 0 spiro atoms. The number of hydrogen-bond donors (Lipinski definition) is 1. The third kappa shape index (κ3) is 5.68. The van der Waals surface area contributed by atoms with Crippen LogP contribution in [-0.4, -0.2) is 60.4 Å². The van der Waals surface area contributed by atoms with Crippen LogP contribution < -0.4 is 4.74 Å². The first-order valence-corrected chi connectivity index (χ1v) is 12.0. The molecule has 1 saturated heterocycles. The van der Waals surface area contributed by atoms with Crippen LogP contribution in [-0.2, 0) is 9.59 Å². The fourth-order valence-electron chi connectivity index (χ4n) is 4.05. The summed E-state index contributed by atoms with van der Waals surface area (Å²) in [4.78, 5) is 29.8. The number of carbonyl (C=O) groups is 2. The molecule has 1 unspecified atom stereocenters. The molecule has 0 aliphatic carbocycles. The standard InChI is InChI=1S/C28H36N2O4/c1-6-7-17-34-23-10-8-9-22(18-23)26(31)24-25(21-13-11-20(12-14-21)19(2)3)30(16-15-29(4)5)28(33)27(24)32/h8-14,18-19,25,31H,6-7,15-17H2,1-5H3/b26-24+. The highest BCUT2D eigenvalue weighted by Crippen LogP contribution is 2.40. The molecule has 3 rings (SSSR count). The molecule has 0 aromatic heterocycles. The molecule has 182 valence electrons. The van der Waals surface area contributed by atoms with E-state index in [1.807, 2.05) is 49.3 Å². The second kappa shape index (κ2) is 11.3. The van der Waals surface area contributed by atoms with Crippen molar-refractivity contribution in [2.24, 2.45) is 0 Å². The van der Waals surface area contributed by atoms with E-state index in [-0.39, 0.29) is 11.3 Å². The molecule has 34 heavy (non-hydrogen) atoms. The Balaban J connectivity index is 2.06. The number of Topliss-reactive ketones (excluding diaryl/α,β-unsaturated/α-hetero) is 1. The van der Waals surface area contributed by atoms with Crippen LogP contribution in [0, 0.1) is 0 Å². The van der Waals surface area contributed by atoms with Crippen molar-refractivity contribution >= 4 is 17.4 Å². The number of hydrogen-bond acceptors (Lipinski definition) is 5. The Morgan fingerprint density at radius 3 is 2.44 bits per heavy atom. The van der Waals surface area contributed by atoms with E-state index in [0.717, 1.165) is 18.4 Å². The van der Waals surface area contributed by atoms with Gasteiger partial charge in [-0.05, 0) is 49.7 Å². The van der Waals surface area contributed by atoms with E-state index < -0.39 is 17.7 Å². The molecule has 2 aromatic rings. The molecule has 1 heterocycles. The summed E-state index contributed by atoms with van der Waals surface area (Å²) in [6.07, 6.45) is 1.95. The Bertz CT molecular complexity index is 1040. The summed E-state index contributed by atoms with van der Waals surface area (Å²) < 4.78 is 5.78. The van der Waals surface area contributed by atoms with Crippen LogP contribution in [0.3, 0.4) is 0 Å². The summed E-state index contributed by atoms with van der Waals surface area (Å²) in [5.41, 5.74) is 2.56. The number of likely N-dealkylation sites (N-methyl/N-ethyl adjacent to an activating group) is 1. The lowest BCUT2D eigenvalue weighted by Crippen LogP contribution is -2.35. The minimum absolute atomic E-state index is 0.117. The maximum Gasteiger partial charge on any atom is 0.295 e. The fraction of sp³-hybridized carbons (Fsp3) is 0.429. The minimum Gasteiger partial charge on any atom is -0.507 e. The summed E-state index contributed by atoms with van der Waals surface area (Å²) in [6.45, 7) is 7.90. The van der Waals surface area contributed by atoms with E-state index >= 15 is 0 Å². The zero-order valence-electron chi connectivity index (χ0n) is 20.9. The summed E-state index contributed by atoms with van der Waals surface area (Å²) in [7, 11) is 3.85. The molecule has 1 N–H and O–H groups in total. The van der Waals surface area contributed by atoms with Gasteiger partial charge in [-0.1, -0.05) is 63.6 Å². The van der Waals surface area contributed by atoms with Crippen LogP contribution in [0.1, 0.15) is 62.3 Å². The summed E-state index contributed by atoms with van der Waals surface area (Å²) in [5, 5.41) is 11.3. The molecular formula is C28H36N2O4. The number of aliphatic hydroxyl groups excluding tert-OH is 1. The molecule has 1 aliphatic rings. The van der Waals surface area contributed by atoms with Gasteiger partial charge in [0, 0.05) is 18.7 Å². The van der Waals surface area contributed by atoms with Crippen LogP contribution in [0.25, 0.3) is 5.76 Å². The number of rotatable bonds is 10. The average molecular weight is 465 g/mol. The van der Waals surface area contributed by atoms with Gasteiger partial charge in [0.1, 0.15) is 11.5 Å². The Morgan fingerprint density at radius 1 is 1.12 bits per heavy atom. The van der Waals surface area contributed by atoms with Crippen molar-refractivity contribution in [3.63, 3.8) is 0 Å². The molecule has 0 saturated carbocycles. The normalized spacial score (nSPS) is 17.7. The number of ether oxygens (including phenoxy) is 1. The molecule has 2 aromatic carbocycles. The SMILES string of the molecule is CCCCOc1cccc(/C(O)=C2\C(=O)C(=O)N(CCN(C)C)C2c2ccc(C(C)C)cc2)c1. The van der Waals surface area contributed by atoms with E-state index in [1.165, 1.54) is 5.56 Å². The average Bonchev–Trinajstić information content (AvgIpc) is 3.07. The number of amides is 1. The maximum absolute atomic E-state index is 13.2. The third-order valence-electron chi connectivity index (χ3n) is 6.12. The number of carbonyl (C=O) groups excluding carboxylic acids is 2. The Labute approximate surface area is 202 Å². The topological polar surface area (TPSA) is 70.1 Å². The molecule has 6 heteroatoms. The van der Waals surface area contributed by atoms with Gasteiger partial charge in [-0.15, -0.1) is 0 Å². The van der Waals surface area contributed by atoms with Gasteiger partial charge in [0.25, 0.3) is 11.7 Å². The van der Waals surface area contributed by atoms with Crippen molar-refractivity contribution in [1.29, 1.82) is 0 Å². The first-order valence-electron chi connectivity index (χ1n) is 12.0. The first-order chi connectivity index (χ1) is 16.2.